The molecule has 4 rings (SSSR count). The summed E-state index contributed by atoms with van der Waals surface area (Å²) in [6.07, 6.45) is 8.20. The zero-order valence-electron chi connectivity index (χ0n) is 15.4. The zero-order valence-corrected chi connectivity index (χ0v) is 15.4. The quantitative estimate of drug-likeness (QED) is 0.809. The van der Waals surface area contributed by atoms with Crippen LogP contribution in [0.3, 0.4) is 0 Å². The number of piperidine rings is 1. The van der Waals surface area contributed by atoms with E-state index in [-0.39, 0.29) is 11.3 Å². The average Bonchev–Trinajstić information content (AvgIpc) is 3.18. The van der Waals surface area contributed by atoms with Crippen LogP contribution in [0.5, 0.6) is 0 Å². The van der Waals surface area contributed by atoms with Gasteiger partial charge in [0.1, 0.15) is 11.6 Å². The molecule has 0 unspecified atom stereocenters. The Morgan fingerprint density at radius 2 is 1.69 bits per heavy atom. The van der Waals surface area contributed by atoms with E-state index in [2.05, 4.69) is 4.90 Å². The van der Waals surface area contributed by atoms with Gasteiger partial charge in [0.2, 0.25) is 5.91 Å². The largest absolute Gasteiger partial charge is 0.338 e. The van der Waals surface area contributed by atoms with Crippen LogP contribution in [0, 0.1) is 23.0 Å². The van der Waals surface area contributed by atoms with Crippen LogP contribution in [0.4, 0.5) is 8.78 Å². The highest BCUT2D eigenvalue weighted by Gasteiger charge is 2.44. The molecule has 3 fully saturated rings. The number of halogens is 2. The standard InChI is InChI=1S/C21H28F2N2O/c22-18-9-17(10-19(23)11-18)14-25-15-21(12-20(25)26)5-7-24(8-6-21)13-16-3-1-2-4-16/h9-11,16H,1-8,12-15H2. The van der Waals surface area contributed by atoms with Gasteiger partial charge in [-0.25, -0.2) is 8.78 Å². The molecule has 1 amide bonds. The second kappa shape index (κ2) is 7.26. The molecule has 0 radical (unpaired) electrons. The number of nitrogens with zero attached hydrogens (tertiary/aromatic N) is 2. The minimum Gasteiger partial charge on any atom is -0.338 e. The molecule has 0 atom stereocenters. The molecule has 0 N–H and O–H groups in total. The fraction of sp³-hybridized carbons (Fsp3) is 0.667. The van der Waals surface area contributed by atoms with E-state index in [4.69, 9.17) is 0 Å². The molecular formula is C21H28F2N2O. The van der Waals surface area contributed by atoms with Gasteiger partial charge in [0.05, 0.1) is 0 Å². The molecule has 2 aliphatic heterocycles. The van der Waals surface area contributed by atoms with Crippen LogP contribution >= 0.6 is 0 Å². The molecule has 1 aliphatic carbocycles. The summed E-state index contributed by atoms with van der Waals surface area (Å²) in [5.41, 5.74) is 0.598. The Bertz CT molecular complexity index is 644. The van der Waals surface area contributed by atoms with E-state index in [1.165, 1.54) is 44.4 Å². The lowest BCUT2D eigenvalue weighted by Gasteiger charge is -2.39. The van der Waals surface area contributed by atoms with Crippen molar-refractivity contribution in [1.29, 1.82) is 0 Å². The summed E-state index contributed by atoms with van der Waals surface area (Å²) in [6.45, 7) is 4.40. The third-order valence-electron chi connectivity index (χ3n) is 6.61. The predicted molar refractivity (Wildman–Crippen MR) is 96.5 cm³/mol. The molecule has 1 aromatic rings. The topological polar surface area (TPSA) is 23.6 Å². The molecule has 2 saturated heterocycles. The van der Waals surface area contributed by atoms with E-state index >= 15 is 0 Å². The highest BCUT2D eigenvalue weighted by Crippen LogP contribution is 2.42. The van der Waals surface area contributed by atoms with E-state index in [9.17, 15) is 13.6 Å². The van der Waals surface area contributed by atoms with Crippen molar-refractivity contribution in [2.75, 3.05) is 26.2 Å². The first-order valence-corrected chi connectivity index (χ1v) is 9.96. The average molecular weight is 362 g/mol. The van der Waals surface area contributed by atoms with Crippen LogP contribution < -0.4 is 0 Å². The first-order chi connectivity index (χ1) is 12.5. The van der Waals surface area contributed by atoms with Gasteiger partial charge in [-0.3, -0.25) is 4.79 Å². The molecule has 3 nitrogen and oxygen atoms in total. The summed E-state index contributed by atoms with van der Waals surface area (Å²) < 4.78 is 26.8. The molecular weight excluding hydrogens is 334 g/mol. The van der Waals surface area contributed by atoms with Crippen molar-refractivity contribution < 1.29 is 13.6 Å². The lowest BCUT2D eigenvalue weighted by molar-refractivity contribution is -0.128. The fourth-order valence-corrected chi connectivity index (χ4v) is 5.15. The van der Waals surface area contributed by atoms with Crippen molar-refractivity contribution >= 4 is 5.91 Å². The maximum atomic E-state index is 13.4. The van der Waals surface area contributed by atoms with E-state index in [0.29, 0.717) is 18.5 Å². The van der Waals surface area contributed by atoms with Gasteiger partial charge < -0.3 is 9.80 Å². The Labute approximate surface area is 154 Å². The minimum atomic E-state index is -0.582. The van der Waals surface area contributed by atoms with E-state index in [1.54, 1.807) is 4.90 Å². The van der Waals surface area contributed by atoms with Gasteiger partial charge in [0.25, 0.3) is 0 Å². The summed E-state index contributed by atoms with van der Waals surface area (Å²) in [6, 6.07) is 3.52. The molecule has 0 aromatic heterocycles. The van der Waals surface area contributed by atoms with Crippen LogP contribution in [-0.4, -0.2) is 41.9 Å². The molecule has 0 bridgehead atoms. The summed E-state index contributed by atoms with van der Waals surface area (Å²) in [4.78, 5) is 16.9. The minimum absolute atomic E-state index is 0.0646. The normalized spacial score (nSPS) is 24.1. The molecule has 142 valence electrons. The highest BCUT2D eigenvalue weighted by molar-refractivity contribution is 5.79. The second-order valence-electron chi connectivity index (χ2n) is 8.66. The fourth-order valence-electron chi connectivity index (χ4n) is 5.15. The number of hydrogen-bond donors (Lipinski definition) is 0. The summed E-state index contributed by atoms with van der Waals surface area (Å²) in [5, 5.41) is 0. The number of carbonyl (C=O) groups excluding carboxylic acids is 1. The first kappa shape index (κ1) is 17.9. The van der Waals surface area contributed by atoms with Crippen molar-refractivity contribution in [3.05, 3.63) is 35.4 Å². The van der Waals surface area contributed by atoms with Gasteiger partial charge >= 0.3 is 0 Å². The Kier molecular flexibility index (Phi) is 5.00. The van der Waals surface area contributed by atoms with Crippen molar-refractivity contribution in [2.24, 2.45) is 11.3 Å². The first-order valence-electron chi connectivity index (χ1n) is 9.96. The summed E-state index contributed by atoms with van der Waals surface area (Å²) in [7, 11) is 0. The second-order valence-corrected chi connectivity index (χ2v) is 8.66. The van der Waals surface area contributed by atoms with Gasteiger partial charge in [-0.2, -0.15) is 0 Å². The molecule has 1 spiro atoms. The lowest BCUT2D eigenvalue weighted by atomic mass is 9.77. The smallest absolute Gasteiger partial charge is 0.223 e. The van der Waals surface area contributed by atoms with E-state index in [0.717, 1.165) is 44.5 Å². The molecule has 3 aliphatic rings. The highest BCUT2D eigenvalue weighted by atomic mass is 19.1. The number of amides is 1. The van der Waals surface area contributed by atoms with E-state index in [1.807, 2.05) is 0 Å². The SMILES string of the molecule is O=C1CC2(CCN(CC3CCCC3)CC2)CN1Cc1cc(F)cc(F)c1. The molecule has 1 saturated carbocycles. The molecule has 26 heavy (non-hydrogen) atoms. The van der Waals surface area contributed by atoms with Gasteiger partial charge in [0.15, 0.2) is 0 Å². The number of carbonyl (C=O) groups is 1. The third kappa shape index (κ3) is 3.93. The van der Waals surface area contributed by atoms with Gasteiger partial charge in [-0.1, -0.05) is 12.8 Å². The Morgan fingerprint density at radius 3 is 2.35 bits per heavy atom. The molecule has 5 heteroatoms. The van der Waals surface area contributed by atoms with Crippen molar-refractivity contribution in [3.8, 4) is 0 Å². The molecule has 2 heterocycles. The summed E-state index contributed by atoms with van der Waals surface area (Å²) >= 11 is 0. The Hall–Kier alpha value is -1.49. The van der Waals surface area contributed by atoms with Crippen molar-refractivity contribution in [3.63, 3.8) is 0 Å². The van der Waals surface area contributed by atoms with Crippen molar-refractivity contribution in [1.82, 2.24) is 9.80 Å². The number of benzene rings is 1. The third-order valence-corrected chi connectivity index (χ3v) is 6.61. The predicted octanol–water partition coefficient (Wildman–Crippen LogP) is 3.97. The Balaban J connectivity index is 1.34. The van der Waals surface area contributed by atoms with Gasteiger partial charge in [0, 0.05) is 32.1 Å². The zero-order chi connectivity index (χ0) is 18.1. The van der Waals surface area contributed by atoms with Crippen LogP contribution in [0.2, 0.25) is 0 Å². The Morgan fingerprint density at radius 1 is 1.04 bits per heavy atom. The lowest BCUT2D eigenvalue weighted by Crippen LogP contribution is -2.43. The van der Waals surface area contributed by atoms with Crippen LogP contribution in [0.15, 0.2) is 18.2 Å². The number of hydrogen-bond acceptors (Lipinski definition) is 2. The maximum absolute atomic E-state index is 13.4. The maximum Gasteiger partial charge on any atom is 0.223 e. The summed E-state index contributed by atoms with van der Waals surface area (Å²) in [5.74, 6) is -0.171. The monoisotopic (exact) mass is 362 g/mol. The van der Waals surface area contributed by atoms with Crippen LogP contribution in [-0.2, 0) is 11.3 Å². The number of rotatable bonds is 4. The van der Waals surface area contributed by atoms with Crippen molar-refractivity contribution in [2.45, 2.75) is 51.5 Å². The van der Waals surface area contributed by atoms with Gasteiger partial charge in [-0.05, 0) is 67.8 Å². The molecule has 1 aromatic carbocycles. The van der Waals surface area contributed by atoms with Crippen LogP contribution in [0.25, 0.3) is 0 Å². The van der Waals surface area contributed by atoms with Crippen LogP contribution in [0.1, 0.15) is 50.5 Å². The number of likely N-dealkylation sites (tertiary alicyclic amines) is 2. The van der Waals surface area contributed by atoms with Gasteiger partial charge in [-0.15, -0.1) is 0 Å². The van der Waals surface area contributed by atoms with E-state index < -0.39 is 11.6 Å².